The fourth-order valence-electron chi connectivity index (χ4n) is 0.977. The minimum Gasteiger partial charge on any atom is -0.478 e. The van der Waals surface area contributed by atoms with E-state index < -0.39 is 5.97 Å². The number of rotatable bonds is 4. The number of carboxylic acids is 1. The van der Waals surface area contributed by atoms with Gasteiger partial charge >= 0.3 is 5.97 Å². The van der Waals surface area contributed by atoms with Gasteiger partial charge in [-0.25, -0.2) is 9.18 Å². The van der Waals surface area contributed by atoms with E-state index in [4.69, 9.17) is 10.8 Å². The Labute approximate surface area is 97.2 Å². The van der Waals surface area contributed by atoms with E-state index in [2.05, 4.69) is 0 Å². The first kappa shape index (κ1) is 12.6. The summed E-state index contributed by atoms with van der Waals surface area (Å²) in [6.07, 6.45) is 1.57. The number of carboxylic acid groups (broad SMARTS) is 1. The van der Waals surface area contributed by atoms with Crippen LogP contribution in [0.5, 0.6) is 0 Å². The van der Waals surface area contributed by atoms with Crippen molar-refractivity contribution in [3.63, 3.8) is 0 Å². The van der Waals surface area contributed by atoms with Crippen LogP contribution in [0.15, 0.2) is 34.7 Å². The quantitative estimate of drug-likeness (QED) is 0.483. The smallest absolute Gasteiger partial charge is 0.330 e. The largest absolute Gasteiger partial charge is 0.478 e. The van der Waals surface area contributed by atoms with Gasteiger partial charge in [-0.05, 0) is 25.1 Å². The summed E-state index contributed by atoms with van der Waals surface area (Å²) in [5.74, 6) is -0.852. The summed E-state index contributed by atoms with van der Waals surface area (Å²) >= 11 is 1.30. The lowest BCUT2D eigenvalue weighted by atomic mass is 10.3. The van der Waals surface area contributed by atoms with Gasteiger partial charge in [0.1, 0.15) is 5.82 Å². The molecule has 16 heavy (non-hydrogen) atoms. The molecular formula is C11H12FNO2S. The highest BCUT2D eigenvalue weighted by Gasteiger charge is 2.02. The van der Waals surface area contributed by atoms with E-state index in [0.29, 0.717) is 16.3 Å². The molecule has 0 atom stereocenters. The molecule has 3 nitrogen and oxygen atoms in total. The van der Waals surface area contributed by atoms with E-state index in [1.54, 1.807) is 6.08 Å². The Hall–Kier alpha value is -1.49. The Bertz CT molecular complexity index is 432. The highest BCUT2D eigenvalue weighted by Crippen LogP contribution is 2.25. The minimum absolute atomic E-state index is 0.266. The highest BCUT2D eigenvalue weighted by molar-refractivity contribution is 7.99. The van der Waals surface area contributed by atoms with Crippen molar-refractivity contribution in [2.45, 2.75) is 11.8 Å². The third-order valence-electron chi connectivity index (χ3n) is 1.94. The van der Waals surface area contributed by atoms with Crippen LogP contribution in [0.1, 0.15) is 6.92 Å². The van der Waals surface area contributed by atoms with Gasteiger partial charge in [0.25, 0.3) is 0 Å². The second-order valence-corrected chi connectivity index (χ2v) is 4.25. The van der Waals surface area contributed by atoms with E-state index in [1.807, 2.05) is 0 Å². The fraction of sp³-hybridized carbons (Fsp3) is 0.182. The maximum atomic E-state index is 12.9. The fourth-order valence-corrected chi connectivity index (χ4v) is 1.92. The van der Waals surface area contributed by atoms with Crippen molar-refractivity contribution in [1.82, 2.24) is 0 Å². The number of aliphatic carboxylic acids is 1. The number of halogens is 1. The predicted molar refractivity (Wildman–Crippen MR) is 62.9 cm³/mol. The van der Waals surface area contributed by atoms with E-state index in [0.717, 1.165) is 0 Å². The van der Waals surface area contributed by atoms with Gasteiger partial charge in [-0.3, -0.25) is 0 Å². The van der Waals surface area contributed by atoms with Gasteiger partial charge in [0.2, 0.25) is 0 Å². The lowest BCUT2D eigenvalue weighted by molar-refractivity contribution is -0.132. The summed E-state index contributed by atoms with van der Waals surface area (Å²) in [7, 11) is 0. The van der Waals surface area contributed by atoms with Gasteiger partial charge in [0.05, 0.1) is 0 Å². The Morgan fingerprint density at radius 3 is 2.94 bits per heavy atom. The summed E-state index contributed by atoms with van der Waals surface area (Å²) in [4.78, 5) is 11.1. The maximum absolute atomic E-state index is 12.9. The van der Waals surface area contributed by atoms with Crippen molar-refractivity contribution < 1.29 is 14.3 Å². The second-order valence-electron chi connectivity index (χ2n) is 3.19. The molecule has 1 aromatic rings. The number of carbonyl (C=O) groups is 1. The number of nitrogen functional groups attached to an aromatic ring is 1. The first-order chi connectivity index (χ1) is 7.50. The van der Waals surface area contributed by atoms with Crippen LogP contribution in [-0.2, 0) is 4.79 Å². The molecule has 86 valence electrons. The number of thioether (sulfide) groups is 1. The van der Waals surface area contributed by atoms with Gasteiger partial charge in [0, 0.05) is 21.9 Å². The van der Waals surface area contributed by atoms with E-state index in [9.17, 15) is 9.18 Å². The van der Waals surface area contributed by atoms with Crippen LogP contribution in [0.3, 0.4) is 0 Å². The molecule has 0 amide bonds. The Morgan fingerprint density at radius 1 is 1.62 bits per heavy atom. The SMILES string of the molecule is CC(=CCSc1cc(F)ccc1N)C(=O)O. The molecule has 0 aromatic heterocycles. The Balaban J connectivity index is 2.65. The zero-order valence-electron chi connectivity index (χ0n) is 8.74. The summed E-state index contributed by atoms with van der Waals surface area (Å²) in [6.45, 7) is 1.51. The van der Waals surface area contributed by atoms with Crippen molar-refractivity contribution in [3.8, 4) is 0 Å². The van der Waals surface area contributed by atoms with Crippen LogP contribution in [0, 0.1) is 5.82 Å². The summed E-state index contributed by atoms with van der Waals surface area (Å²) in [5.41, 5.74) is 6.40. The molecule has 0 unspecified atom stereocenters. The van der Waals surface area contributed by atoms with E-state index in [-0.39, 0.29) is 11.4 Å². The Kier molecular flexibility index (Phi) is 4.37. The lowest BCUT2D eigenvalue weighted by Crippen LogP contribution is -1.96. The third kappa shape index (κ3) is 3.58. The third-order valence-corrected chi connectivity index (χ3v) is 2.94. The average molecular weight is 241 g/mol. The molecule has 0 saturated carbocycles. The molecule has 0 fully saturated rings. The van der Waals surface area contributed by atoms with Crippen LogP contribution in [-0.4, -0.2) is 16.8 Å². The standard InChI is InChI=1S/C11H12FNO2S/c1-7(11(14)15)4-5-16-10-6-8(12)2-3-9(10)13/h2-4,6H,5,13H2,1H3,(H,14,15). The molecule has 0 bridgehead atoms. The topological polar surface area (TPSA) is 63.3 Å². The van der Waals surface area contributed by atoms with Crippen LogP contribution in [0.25, 0.3) is 0 Å². The molecule has 0 aliphatic rings. The van der Waals surface area contributed by atoms with Gasteiger partial charge in [0.15, 0.2) is 0 Å². The molecule has 1 rings (SSSR count). The second kappa shape index (κ2) is 5.55. The molecule has 0 spiro atoms. The molecule has 0 aliphatic heterocycles. The normalized spacial score (nSPS) is 11.5. The number of hydrogen-bond acceptors (Lipinski definition) is 3. The molecule has 3 N–H and O–H groups in total. The van der Waals surface area contributed by atoms with Gasteiger partial charge in [-0.1, -0.05) is 6.08 Å². The lowest BCUT2D eigenvalue weighted by Gasteiger charge is -2.03. The first-order valence-electron chi connectivity index (χ1n) is 4.58. The average Bonchev–Trinajstić information content (AvgIpc) is 2.22. The maximum Gasteiger partial charge on any atom is 0.330 e. The van der Waals surface area contributed by atoms with Crippen LogP contribution >= 0.6 is 11.8 Å². The van der Waals surface area contributed by atoms with Crippen molar-refractivity contribution in [2.75, 3.05) is 11.5 Å². The van der Waals surface area contributed by atoms with Crippen molar-refractivity contribution >= 4 is 23.4 Å². The van der Waals surface area contributed by atoms with Crippen molar-refractivity contribution in [2.24, 2.45) is 0 Å². The Morgan fingerprint density at radius 2 is 2.31 bits per heavy atom. The summed E-state index contributed by atoms with van der Waals surface area (Å²) in [5, 5.41) is 8.62. The molecule has 0 radical (unpaired) electrons. The van der Waals surface area contributed by atoms with Gasteiger partial charge in [-0.2, -0.15) is 0 Å². The van der Waals surface area contributed by atoms with Crippen LogP contribution < -0.4 is 5.73 Å². The zero-order valence-corrected chi connectivity index (χ0v) is 9.55. The number of anilines is 1. The van der Waals surface area contributed by atoms with Crippen molar-refractivity contribution in [1.29, 1.82) is 0 Å². The molecule has 0 saturated heterocycles. The molecule has 0 heterocycles. The van der Waals surface area contributed by atoms with Crippen LogP contribution in [0.2, 0.25) is 0 Å². The van der Waals surface area contributed by atoms with E-state index in [1.165, 1.54) is 36.9 Å². The summed E-state index contributed by atoms with van der Waals surface area (Å²) < 4.78 is 12.9. The molecule has 1 aromatic carbocycles. The molecule has 5 heteroatoms. The van der Waals surface area contributed by atoms with Gasteiger partial charge < -0.3 is 10.8 Å². The number of hydrogen-bond donors (Lipinski definition) is 2. The monoisotopic (exact) mass is 241 g/mol. The predicted octanol–water partition coefficient (Wildman–Crippen LogP) is 2.53. The zero-order chi connectivity index (χ0) is 12.1. The number of benzene rings is 1. The van der Waals surface area contributed by atoms with E-state index >= 15 is 0 Å². The first-order valence-corrected chi connectivity index (χ1v) is 5.57. The number of nitrogens with two attached hydrogens (primary N) is 1. The highest BCUT2D eigenvalue weighted by atomic mass is 32.2. The molecule has 0 aliphatic carbocycles. The molecular weight excluding hydrogens is 229 g/mol. The summed E-state index contributed by atoms with van der Waals surface area (Å²) in [6, 6.07) is 4.12. The van der Waals surface area contributed by atoms with Crippen molar-refractivity contribution in [3.05, 3.63) is 35.7 Å². The van der Waals surface area contributed by atoms with Crippen LogP contribution in [0.4, 0.5) is 10.1 Å². The van der Waals surface area contributed by atoms with Gasteiger partial charge in [-0.15, -0.1) is 11.8 Å². The minimum atomic E-state index is -0.951.